The van der Waals surface area contributed by atoms with Crippen molar-refractivity contribution in [1.82, 2.24) is 0 Å². The Hall–Kier alpha value is -0.500. The highest BCUT2D eigenvalue weighted by molar-refractivity contribution is 9.08. The molecular formula is C14H21BrO. The van der Waals surface area contributed by atoms with E-state index in [4.69, 9.17) is 0 Å². The third kappa shape index (κ3) is 2.79. The molecule has 0 atom stereocenters. The van der Waals surface area contributed by atoms with E-state index >= 15 is 0 Å². The summed E-state index contributed by atoms with van der Waals surface area (Å²) in [6, 6.07) is 4.22. The maximum absolute atomic E-state index is 10.1. The van der Waals surface area contributed by atoms with Crippen molar-refractivity contribution in [3.8, 4) is 5.75 Å². The summed E-state index contributed by atoms with van der Waals surface area (Å²) >= 11 is 3.43. The summed E-state index contributed by atoms with van der Waals surface area (Å²) in [6.07, 6.45) is 0. The van der Waals surface area contributed by atoms with E-state index in [2.05, 4.69) is 62.7 Å². The van der Waals surface area contributed by atoms with Crippen LogP contribution in [0.3, 0.4) is 0 Å². The molecule has 0 spiro atoms. The molecule has 16 heavy (non-hydrogen) atoms. The number of aromatic hydroxyl groups is 1. The maximum Gasteiger partial charge on any atom is 0.123 e. The molecule has 0 radical (unpaired) electrons. The van der Waals surface area contributed by atoms with Gasteiger partial charge in [0.1, 0.15) is 5.75 Å². The summed E-state index contributed by atoms with van der Waals surface area (Å²) in [5, 5.41) is 10.8. The smallest absolute Gasteiger partial charge is 0.123 e. The number of phenolic OH excluding ortho intramolecular Hbond substituents is 1. The van der Waals surface area contributed by atoms with Gasteiger partial charge in [-0.15, -0.1) is 0 Å². The molecule has 0 aliphatic rings. The number of rotatable bonds is 2. The van der Waals surface area contributed by atoms with Crippen molar-refractivity contribution < 1.29 is 5.11 Å². The number of phenols is 1. The van der Waals surface area contributed by atoms with E-state index in [1.54, 1.807) is 0 Å². The largest absolute Gasteiger partial charge is 0.507 e. The van der Waals surface area contributed by atoms with Gasteiger partial charge in [0.05, 0.1) is 0 Å². The van der Waals surface area contributed by atoms with E-state index in [-0.39, 0.29) is 5.41 Å². The lowest BCUT2D eigenvalue weighted by Gasteiger charge is -2.23. The fourth-order valence-electron chi connectivity index (χ4n) is 1.69. The second-order valence-electron chi connectivity index (χ2n) is 5.61. The summed E-state index contributed by atoms with van der Waals surface area (Å²) < 4.78 is 0. The lowest BCUT2D eigenvalue weighted by Crippen LogP contribution is -2.12. The normalized spacial score (nSPS) is 12.2. The van der Waals surface area contributed by atoms with Crippen molar-refractivity contribution in [1.29, 1.82) is 0 Å². The molecule has 0 heterocycles. The van der Waals surface area contributed by atoms with E-state index in [9.17, 15) is 5.11 Å². The third-order valence-corrected chi connectivity index (χ3v) is 3.45. The molecule has 0 unspecified atom stereocenters. The number of benzene rings is 1. The van der Waals surface area contributed by atoms with Crippen LogP contribution in [0, 0.1) is 0 Å². The quantitative estimate of drug-likeness (QED) is 0.780. The fraction of sp³-hybridized carbons (Fsp3) is 0.571. The van der Waals surface area contributed by atoms with Crippen LogP contribution in [0.15, 0.2) is 12.1 Å². The Labute approximate surface area is 107 Å². The van der Waals surface area contributed by atoms with Gasteiger partial charge in [-0.1, -0.05) is 62.7 Å². The minimum Gasteiger partial charge on any atom is -0.507 e. The second kappa shape index (κ2) is 4.79. The minimum absolute atomic E-state index is 0.119. The molecule has 0 aromatic heterocycles. The first-order chi connectivity index (χ1) is 7.27. The lowest BCUT2D eigenvalue weighted by molar-refractivity contribution is 0.458. The van der Waals surface area contributed by atoms with Gasteiger partial charge in [-0.3, -0.25) is 0 Å². The Bertz CT molecular complexity index is 375. The second-order valence-corrected chi connectivity index (χ2v) is 6.17. The van der Waals surface area contributed by atoms with Gasteiger partial charge in [0, 0.05) is 10.9 Å². The molecule has 0 amide bonds. The minimum atomic E-state index is 0.119. The molecule has 0 bridgehead atoms. The van der Waals surface area contributed by atoms with Crippen molar-refractivity contribution in [2.24, 2.45) is 0 Å². The summed E-state index contributed by atoms with van der Waals surface area (Å²) in [7, 11) is 0. The number of alkyl halides is 1. The highest BCUT2D eigenvalue weighted by Gasteiger charge is 2.19. The zero-order valence-corrected chi connectivity index (χ0v) is 12.4. The monoisotopic (exact) mass is 284 g/mol. The Balaban J connectivity index is 3.40. The highest BCUT2D eigenvalue weighted by Crippen LogP contribution is 2.35. The van der Waals surface area contributed by atoms with Gasteiger partial charge in [-0.25, -0.2) is 0 Å². The Morgan fingerprint density at radius 1 is 1.25 bits per heavy atom. The van der Waals surface area contributed by atoms with Crippen molar-refractivity contribution in [2.45, 2.75) is 51.3 Å². The van der Waals surface area contributed by atoms with Gasteiger partial charge in [0.2, 0.25) is 0 Å². The molecule has 1 rings (SSSR count). The Morgan fingerprint density at radius 3 is 2.19 bits per heavy atom. The fourth-order valence-corrected chi connectivity index (χ4v) is 2.12. The van der Waals surface area contributed by atoms with E-state index in [1.807, 2.05) is 0 Å². The van der Waals surface area contributed by atoms with Gasteiger partial charge in [-0.05, 0) is 22.5 Å². The van der Waals surface area contributed by atoms with Gasteiger partial charge in [0.15, 0.2) is 0 Å². The standard InChI is InChI=1S/C14H21BrO/c1-9(2)12-7-11(14(3,4)5)6-10(8-15)13(12)16/h6-7,9,16H,8H2,1-5H3. The average Bonchev–Trinajstić information content (AvgIpc) is 2.15. The maximum atomic E-state index is 10.1. The van der Waals surface area contributed by atoms with E-state index in [0.717, 1.165) is 11.1 Å². The molecule has 2 heteroatoms. The first kappa shape index (κ1) is 13.6. The van der Waals surface area contributed by atoms with Crippen LogP contribution in [0.5, 0.6) is 5.75 Å². The van der Waals surface area contributed by atoms with E-state index in [1.165, 1.54) is 5.56 Å². The van der Waals surface area contributed by atoms with Crippen LogP contribution >= 0.6 is 15.9 Å². The van der Waals surface area contributed by atoms with Crippen LogP contribution in [0.1, 0.15) is 57.2 Å². The Kier molecular flexibility index (Phi) is 4.06. The zero-order valence-electron chi connectivity index (χ0n) is 10.8. The molecule has 1 nitrogen and oxygen atoms in total. The number of hydrogen-bond donors (Lipinski definition) is 1. The molecule has 0 saturated carbocycles. The first-order valence-electron chi connectivity index (χ1n) is 5.69. The molecule has 0 aliphatic heterocycles. The summed E-state index contributed by atoms with van der Waals surface area (Å²) in [5.41, 5.74) is 3.43. The van der Waals surface area contributed by atoms with Crippen LogP contribution in [0.2, 0.25) is 0 Å². The van der Waals surface area contributed by atoms with Crippen LogP contribution in [-0.2, 0) is 10.7 Å². The van der Waals surface area contributed by atoms with Crippen molar-refractivity contribution in [3.05, 3.63) is 28.8 Å². The predicted octanol–water partition coefficient (Wildman–Crippen LogP) is 4.71. The van der Waals surface area contributed by atoms with Crippen LogP contribution in [-0.4, -0.2) is 5.11 Å². The zero-order chi connectivity index (χ0) is 12.5. The SMILES string of the molecule is CC(C)c1cc(C(C)(C)C)cc(CBr)c1O. The highest BCUT2D eigenvalue weighted by atomic mass is 79.9. The predicted molar refractivity (Wildman–Crippen MR) is 73.5 cm³/mol. The molecule has 0 aliphatic carbocycles. The average molecular weight is 285 g/mol. The van der Waals surface area contributed by atoms with Crippen LogP contribution in [0.25, 0.3) is 0 Å². The number of hydrogen-bond acceptors (Lipinski definition) is 1. The summed E-state index contributed by atoms with van der Waals surface area (Å²) in [4.78, 5) is 0. The third-order valence-electron chi connectivity index (χ3n) is 2.85. The first-order valence-corrected chi connectivity index (χ1v) is 6.81. The molecule has 1 aromatic carbocycles. The van der Waals surface area contributed by atoms with Crippen molar-refractivity contribution in [3.63, 3.8) is 0 Å². The summed E-state index contributed by atoms with van der Waals surface area (Å²) in [5.74, 6) is 0.792. The molecular weight excluding hydrogens is 264 g/mol. The lowest BCUT2D eigenvalue weighted by atomic mass is 9.83. The van der Waals surface area contributed by atoms with Gasteiger partial charge >= 0.3 is 0 Å². The molecule has 1 aromatic rings. The molecule has 0 fully saturated rings. The summed E-state index contributed by atoms with van der Waals surface area (Å²) in [6.45, 7) is 10.8. The molecule has 1 N–H and O–H groups in total. The van der Waals surface area contributed by atoms with Crippen molar-refractivity contribution in [2.75, 3.05) is 0 Å². The van der Waals surface area contributed by atoms with Gasteiger partial charge in [-0.2, -0.15) is 0 Å². The van der Waals surface area contributed by atoms with Crippen LogP contribution < -0.4 is 0 Å². The van der Waals surface area contributed by atoms with E-state index in [0.29, 0.717) is 17.0 Å². The molecule has 0 saturated heterocycles. The topological polar surface area (TPSA) is 20.2 Å². The molecule has 90 valence electrons. The Morgan fingerprint density at radius 2 is 1.81 bits per heavy atom. The van der Waals surface area contributed by atoms with Crippen LogP contribution in [0.4, 0.5) is 0 Å². The number of halogens is 1. The van der Waals surface area contributed by atoms with Crippen molar-refractivity contribution >= 4 is 15.9 Å². The van der Waals surface area contributed by atoms with E-state index < -0.39 is 0 Å². The van der Waals surface area contributed by atoms with Gasteiger partial charge < -0.3 is 5.11 Å². The van der Waals surface area contributed by atoms with Gasteiger partial charge in [0.25, 0.3) is 0 Å².